The molecular formula is C13H16Te. The summed E-state index contributed by atoms with van der Waals surface area (Å²) in [7, 11) is 0. The molecule has 14 heavy (non-hydrogen) atoms. The maximum absolute atomic E-state index is 2.47. The van der Waals surface area contributed by atoms with E-state index in [0.717, 1.165) is 0 Å². The summed E-state index contributed by atoms with van der Waals surface area (Å²) in [5, 5.41) is 0. The van der Waals surface area contributed by atoms with Crippen LogP contribution in [0.4, 0.5) is 0 Å². The van der Waals surface area contributed by atoms with Gasteiger partial charge in [-0.05, 0) is 0 Å². The Labute approximate surface area is 96.5 Å². The van der Waals surface area contributed by atoms with Gasteiger partial charge >= 0.3 is 96.7 Å². The van der Waals surface area contributed by atoms with Crippen molar-refractivity contribution in [2.45, 2.75) is 25.2 Å². The van der Waals surface area contributed by atoms with Crippen LogP contribution in [0.5, 0.6) is 0 Å². The number of rotatable bonds is 0. The van der Waals surface area contributed by atoms with Gasteiger partial charge < -0.3 is 0 Å². The van der Waals surface area contributed by atoms with Gasteiger partial charge in [-0.2, -0.15) is 0 Å². The summed E-state index contributed by atoms with van der Waals surface area (Å²) < 4.78 is 3.02. The van der Waals surface area contributed by atoms with Crippen molar-refractivity contribution in [1.82, 2.24) is 0 Å². The molecule has 0 N–H and O–H groups in total. The molecule has 0 saturated heterocycles. The molecule has 74 valence electrons. The zero-order valence-electron chi connectivity index (χ0n) is 9.00. The summed E-state index contributed by atoms with van der Waals surface area (Å²) in [5.74, 6) is 0. The van der Waals surface area contributed by atoms with Crippen LogP contribution in [0.3, 0.4) is 0 Å². The van der Waals surface area contributed by atoms with E-state index in [2.05, 4.69) is 51.1 Å². The van der Waals surface area contributed by atoms with E-state index >= 15 is 0 Å². The molecule has 1 aromatic carbocycles. The van der Waals surface area contributed by atoms with Gasteiger partial charge in [-0.3, -0.25) is 0 Å². The number of benzene rings is 1. The first-order chi connectivity index (χ1) is 6.56. The number of hydrogen-bond acceptors (Lipinski definition) is 0. The molecule has 0 aliphatic carbocycles. The number of hydrogen-bond donors (Lipinski definition) is 0. The zero-order chi connectivity index (χ0) is 10.2. The summed E-state index contributed by atoms with van der Waals surface area (Å²) in [6.07, 6.45) is 2.47. The molecule has 0 radical (unpaired) electrons. The molecule has 1 heteroatoms. The molecule has 0 fully saturated rings. The fraction of sp³-hybridized carbons (Fsp3) is 0.385. The van der Waals surface area contributed by atoms with Crippen LogP contribution >= 0.6 is 0 Å². The topological polar surface area (TPSA) is 0 Å². The molecule has 0 spiro atoms. The molecule has 1 heterocycles. The molecule has 1 aromatic rings. The van der Waals surface area contributed by atoms with Gasteiger partial charge in [0.1, 0.15) is 0 Å². The molecule has 0 unspecified atom stereocenters. The molecule has 1 aliphatic heterocycles. The van der Waals surface area contributed by atoms with Crippen molar-refractivity contribution in [3.63, 3.8) is 0 Å². The molecular weight excluding hydrogens is 284 g/mol. The quantitative estimate of drug-likeness (QED) is 0.645. The summed E-state index contributed by atoms with van der Waals surface area (Å²) in [6.45, 7) is 6.86. The maximum atomic E-state index is 2.47. The van der Waals surface area contributed by atoms with E-state index in [0.29, 0.717) is 5.41 Å². The van der Waals surface area contributed by atoms with Gasteiger partial charge in [0.15, 0.2) is 0 Å². The van der Waals surface area contributed by atoms with Gasteiger partial charge in [0, 0.05) is 0 Å². The molecule has 0 atom stereocenters. The molecule has 0 bridgehead atoms. The Morgan fingerprint density at radius 1 is 1.21 bits per heavy atom. The second-order valence-electron chi connectivity index (χ2n) is 4.82. The van der Waals surface area contributed by atoms with Crippen LogP contribution in [-0.2, 0) is 4.47 Å². The third-order valence-corrected chi connectivity index (χ3v) is 5.38. The summed E-state index contributed by atoms with van der Waals surface area (Å²) in [6, 6.07) is 8.88. The van der Waals surface area contributed by atoms with Crippen LogP contribution in [-0.4, -0.2) is 20.9 Å². The summed E-state index contributed by atoms with van der Waals surface area (Å²) in [5.41, 5.74) is 3.44. The van der Waals surface area contributed by atoms with Gasteiger partial charge in [-0.25, -0.2) is 0 Å². The summed E-state index contributed by atoms with van der Waals surface area (Å²) >= 11 is 0.0640. The van der Waals surface area contributed by atoms with Gasteiger partial charge in [0.25, 0.3) is 0 Å². The van der Waals surface area contributed by atoms with E-state index < -0.39 is 0 Å². The van der Waals surface area contributed by atoms with Crippen molar-refractivity contribution in [2.75, 3.05) is 0 Å². The van der Waals surface area contributed by atoms with E-state index in [4.69, 9.17) is 0 Å². The van der Waals surface area contributed by atoms with E-state index in [1.165, 1.54) is 10.0 Å². The van der Waals surface area contributed by atoms with Crippen molar-refractivity contribution >= 4 is 24.5 Å². The van der Waals surface area contributed by atoms with Crippen molar-refractivity contribution < 1.29 is 0 Å². The standard InChI is InChI=1S/C13H16Te/c1-13(2,3)8-12-11-7-5-4-6-10(11)9-14-12/h4-8H,9H2,1-3H3/b12-8+. The Morgan fingerprint density at radius 2 is 1.93 bits per heavy atom. The Bertz CT molecular complexity index is 369. The van der Waals surface area contributed by atoms with Crippen molar-refractivity contribution in [1.29, 1.82) is 0 Å². The van der Waals surface area contributed by atoms with E-state index in [1.807, 2.05) is 0 Å². The molecule has 0 amide bonds. The van der Waals surface area contributed by atoms with E-state index in [1.54, 1.807) is 9.18 Å². The van der Waals surface area contributed by atoms with Crippen molar-refractivity contribution in [2.24, 2.45) is 5.41 Å². The van der Waals surface area contributed by atoms with E-state index in [9.17, 15) is 0 Å². The monoisotopic (exact) mass is 302 g/mol. The molecule has 0 saturated carbocycles. The Morgan fingerprint density at radius 3 is 2.64 bits per heavy atom. The minimum absolute atomic E-state index is 0.0640. The predicted molar refractivity (Wildman–Crippen MR) is 63.3 cm³/mol. The van der Waals surface area contributed by atoms with E-state index in [-0.39, 0.29) is 20.9 Å². The molecule has 0 aromatic heterocycles. The van der Waals surface area contributed by atoms with Crippen LogP contribution in [0.25, 0.3) is 3.62 Å². The predicted octanol–water partition coefficient (Wildman–Crippen LogP) is 3.29. The van der Waals surface area contributed by atoms with Crippen LogP contribution in [0, 0.1) is 5.41 Å². The average Bonchev–Trinajstić information content (AvgIpc) is 2.47. The first-order valence-electron chi connectivity index (χ1n) is 5.00. The van der Waals surface area contributed by atoms with Crippen molar-refractivity contribution in [3.8, 4) is 0 Å². The van der Waals surface area contributed by atoms with Crippen molar-refractivity contribution in [3.05, 3.63) is 41.5 Å². The normalized spacial score (nSPS) is 18.6. The Hall–Kier alpha value is -0.250. The second-order valence-corrected chi connectivity index (χ2v) is 7.72. The number of allylic oxidation sites excluding steroid dienone is 1. The molecule has 0 nitrogen and oxygen atoms in total. The Balaban J connectivity index is 2.40. The number of fused-ring (bicyclic) bond motifs is 1. The van der Waals surface area contributed by atoms with Crippen LogP contribution < -0.4 is 0 Å². The van der Waals surface area contributed by atoms with Gasteiger partial charge in [-0.1, -0.05) is 0 Å². The van der Waals surface area contributed by atoms with Gasteiger partial charge in [0.05, 0.1) is 0 Å². The minimum atomic E-state index is 0.0640. The Kier molecular flexibility index (Phi) is 2.73. The van der Waals surface area contributed by atoms with Crippen LogP contribution in [0.1, 0.15) is 31.9 Å². The van der Waals surface area contributed by atoms with Crippen LogP contribution in [0.15, 0.2) is 30.3 Å². The average molecular weight is 300 g/mol. The van der Waals surface area contributed by atoms with Gasteiger partial charge in [0.2, 0.25) is 0 Å². The molecule has 2 rings (SSSR count). The van der Waals surface area contributed by atoms with Crippen LogP contribution in [0.2, 0.25) is 0 Å². The first kappa shape index (κ1) is 10.3. The van der Waals surface area contributed by atoms with Gasteiger partial charge in [-0.15, -0.1) is 0 Å². The molecule has 1 aliphatic rings. The zero-order valence-corrected chi connectivity index (χ0v) is 11.3. The second kappa shape index (κ2) is 3.72. The fourth-order valence-corrected chi connectivity index (χ4v) is 5.50. The summed E-state index contributed by atoms with van der Waals surface area (Å²) in [4.78, 5) is 0. The fourth-order valence-electron chi connectivity index (χ4n) is 1.63. The third-order valence-electron chi connectivity index (χ3n) is 2.23. The first-order valence-corrected chi connectivity index (χ1v) is 7.81. The third kappa shape index (κ3) is 2.22. The SMILES string of the molecule is CC(C)(C)/C=C1/[Te]Cc2ccccc21.